The van der Waals surface area contributed by atoms with E-state index in [1.807, 2.05) is 0 Å². The Kier molecular flexibility index (Phi) is 7.08. The second kappa shape index (κ2) is 10.6. The predicted octanol–water partition coefficient (Wildman–Crippen LogP) is 7.01. The second-order valence-electron chi connectivity index (χ2n) is 9.91. The van der Waals surface area contributed by atoms with Gasteiger partial charge in [0.2, 0.25) is 0 Å². The van der Waals surface area contributed by atoms with Crippen molar-refractivity contribution in [2.75, 3.05) is 19.0 Å². The average Bonchev–Trinajstić information content (AvgIpc) is 3.42. The Hall–Kier alpha value is -4.12. The second-order valence-corrected chi connectivity index (χ2v) is 10.9. The fourth-order valence-corrected chi connectivity index (χ4v) is 6.84. The van der Waals surface area contributed by atoms with E-state index in [0.717, 1.165) is 30.0 Å². The summed E-state index contributed by atoms with van der Waals surface area (Å²) in [5.74, 6) is -2.25. The van der Waals surface area contributed by atoms with Crippen LogP contribution in [-0.2, 0) is 12.6 Å². The van der Waals surface area contributed by atoms with Crippen LogP contribution in [-0.4, -0.2) is 29.3 Å². The van der Waals surface area contributed by atoms with E-state index in [9.17, 15) is 22.8 Å². The number of hydrogen-bond donors (Lipinski definition) is 0. The van der Waals surface area contributed by atoms with Crippen molar-refractivity contribution in [2.45, 2.75) is 30.6 Å². The van der Waals surface area contributed by atoms with Crippen LogP contribution in [0.4, 0.5) is 22.0 Å². The van der Waals surface area contributed by atoms with Crippen LogP contribution in [0.15, 0.2) is 70.5 Å². The first-order valence-corrected chi connectivity index (χ1v) is 14.0. The quantitative estimate of drug-likeness (QED) is 0.183. The van der Waals surface area contributed by atoms with Crippen LogP contribution < -0.4 is 15.0 Å². The number of aromatic nitrogens is 1. The van der Waals surface area contributed by atoms with Crippen molar-refractivity contribution in [2.24, 2.45) is 0 Å². The average molecular weight is 600 g/mol. The molecule has 5 nitrogen and oxygen atoms in total. The number of ketones is 1. The molecule has 2 aliphatic heterocycles. The van der Waals surface area contributed by atoms with Gasteiger partial charge in [0.15, 0.2) is 23.1 Å². The molecule has 3 heterocycles. The summed E-state index contributed by atoms with van der Waals surface area (Å²) < 4.78 is 84.8. The number of alkyl halides is 3. The summed E-state index contributed by atoms with van der Waals surface area (Å²) in [4.78, 5) is 27.7. The van der Waals surface area contributed by atoms with Gasteiger partial charge in [-0.3, -0.25) is 14.2 Å². The predicted molar refractivity (Wildman–Crippen MR) is 147 cm³/mol. The first kappa shape index (κ1) is 28.0. The van der Waals surface area contributed by atoms with Gasteiger partial charge >= 0.3 is 6.18 Å². The molecule has 216 valence electrons. The van der Waals surface area contributed by atoms with Gasteiger partial charge in [0, 0.05) is 28.9 Å². The Labute approximate surface area is 240 Å². The monoisotopic (exact) mass is 599 g/mol. The Morgan fingerprint density at radius 3 is 2.45 bits per heavy atom. The first-order valence-electron chi connectivity index (χ1n) is 13.0. The van der Waals surface area contributed by atoms with E-state index in [-0.39, 0.29) is 63.5 Å². The number of fused-ring (bicyclic) bond motifs is 2. The third-order valence-corrected chi connectivity index (χ3v) is 8.68. The van der Waals surface area contributed by atoms with Gasteiger partial charge in [0.05, 0.1) is 16.2 Å². The number of nitrogens with zero attached hydrogens (tertiary/aromatic N) is 1. The molecule has 1 atom stereocenters. The van der Waals surface area contributed by atoms with Gasteiger partial charge < -0.3 is 9.47 Å². The van der Waals surface area contributed by atoms with E-state index in [4.69, 9.17) is 9.47 Å². The Bertz CT molecular complexity index is 1790. The number of ether oxygens (including phenoxy) is 2. The van der Waals surface area contributed by atoms with E-state index < -0.39 is 47.0 Å². The van der Waals surface area contributed by atoms with Crippen molar-refractivity contribution in [1.82, 2.24) is 4.57 Å². The largest absolute Gasteiger partial charge is 0.486 e. The van der Waals surface area contributed by atoms with Crippen molar-refractivity contribution >= 4 is 17.5 Å². The highest BCUT2D eigenvalue weighted by Gasteiger charge is 2.38. The molecular formula is C31H22F5NO4S. The minimum absolute atomic E-state index is 0.0819. The molecule has 0 saturated heterocycles. The molecule has 11 heteroatoms. The van der Waals surface area contributed by atoms with Crippen molar-refractivity contribution in [3.05, 3.63) is 110 Å². The molecule has 1 unspecified atom stereocenters. The molecule has 1 aromatic heterocycles. The lowest BCUT2D eigenvalue weighted by molar-refractivity contribution is -0.138. The normalized spacial score (nSPS) is 15.9. The molecule has 2 aliphatic rings. The number of carbonyl (C=O) groups is 1. The molecule has 4 aromatic rings. The van der Waals surface area contributed by atoms with Crippen molar-refractivity contribution in [1.29, 1.82) is 0 Å². The molecule has 0 spiro atoms. The van der Waals surface area contributed by atoms with Crippen LogP contribution in [0.3, 0.4) is 0 Å². The maximum Gasteiger partial charge on any atom is 0.416 e. The van der Waals surface area contributed by atoms with Gasteiger partial charge in [-0.25, -0.2) is 8.78 Å². The maximum atomic E-state index is 15.9. The third-order valence-electron chi connectivity index (χ3n) is 7.48. The number of pyridine rings is 1. The zero-order chi connectivity index (χ0) is 29.8. The molecule has 0 fully saturated rings. The highest BCUT2D eigenvalue weighted by atomic mass is 32.2. The van der Waals surface area contributed by atoms with E-state index in [1.54, 1.807) is 30.3 Å². The van der Waals surface area contributed by atoms with Crippen molar-refractivity contribution < 1.29 is 36.2 Å². The van der Waals surface area contributed by atoms with Crippen LogP contribution in [0.5, 0.6) is 11.5 Å². The molecule has 0 N–H and O–H groups in total. The molecule has 3 aromatic carbocycles. The van der Waals surface area contributed by atoms with Crippen molar-refractivity contribution in [3.8, 4) is 22.6 Å². The first-order chi connectivity index (χ1) is 20.1. The van der Waals surface area contributed by atoms with Crippen LogP contribution in [0, 0.1) is 18.6 Å². The number of Topliss-reactive ketones (excluding diaryl/α,β-unsaturated/α-hetero) is 1. The summed E-state index contributed by atoms with van der Waals surface area (Å²) in [6.45, 7) is 1.78. The zero-order valence-corrected chi connectivity index (χ0v) is 22.9. The smallest absolute Gasteiger partial charge is 0.416 e. The molecule has 0 amide bonds. The van der Waals surface area contributed by atoms with E-state index in [2.05, 4.69) is 0 Å². The molecular weight excluding hydrogens is 577 g/mol. The van der Waals surface area contributed by atoms with Crippen LogP contribution in [0.1, 0.15) is 38.7 Å². The minimum atomic E-state index is -4.84. The number of carbonyl (C=O) groups excluding carboxylic acids is 1. The van der Waals surface area contributed by atoms with Crippen LogP contribution >= 0.6 is 11.8 Å². The lowest BCUT2D eigenvalue weighted by Gasteiger charge is -2.23. The molecule has 0 radical (unpaired) electrons. The minimum Gasteiger partial charge on any atom is -0.486 e. The van der Waals surface area contributed by atoms with E-state index in [1.165, 1.54) is 23.6 Å². The van der Waals surface area contributed by atoms with E-state index >= 15 is 8.78 Å². The summed E-state index contributed by atoms with van der Waals surface area (Å²) in [6.07, 6.45) is -5.38. The third kappa shape index (κ3) is 4.65. The zero-order valence-electron chi connectivity index (χ0n) is 22.1. The SMILES string of the molecule is Cc1c(Cc2c(F)cccc2C(F)(F)F)c2n(c(=O)c1-c1ccc3c(c1F)OCCO3)C(C(=O)c1ccccc1)CS2. The summed E-state index contributed by atoms with van der Waals surface area (Å²) in [7, 11) is 0. The fourth-order valence-electron chi connectivity index (χ4n) is 5.47. The fraction of sp³-hybridized carbons (Fsp3) is 0.226. The Morgan fingerprint density at radius 2 is 1.71 bits per heavy atom. The summed E-state index contributed by atoms with van der Waals surface area (Å²) in [6, 6.07) is 12.8. The topological polar surface area (TPSA) is 57.5 Å². The summed E-state index contributed by atoms with van der Waals surface area (Å²) in [5, 5.41) is 0.241. The van der Waals surface area contributed by atoms with Gasteiger partial charge in [-0.1, -0.05) is 36.4 Å². The highest BCUT2D eigenvalue weighted by Crippen LogP contribution is 2.44. The molecule has 42 heavy (non-hydrogen) atoms. The van der Waals surface area contributed by atoms with Gasteiger partial charge in [0.1, 0.15) is 25.1 Å². The molecule has 0 aliphatic carbocycles. The number of benzene rings is 3. The lowest BCUT2D eigenvalue weighted by Crippen LogP contribution is -2.32. The Morgan fingerprint density at radius 1 is 0.976 bits per heavy atom. The maximum absolute atomic E-state index is 15.9. The Balaban J connectivity index is 1.61. The number of thioether (sulfide) groups is 1. The summed E-state index contributed by atoms with van der Waals surface area (Å²) in [5.41, 5.74) is -2.05. The van der Waals surface area contributed by atoms with Gasteiger partial charge in [-0.05, 0) is 42.3 Å². The number of hydrogen-bond acceptors (Lipinski definition) is 5. The van der Waals surface area contributed by atoms with Gasteiger partial charge in [0.25, 0.3) is 5.56 Å². The van der Waals surface area contributed by atoms with Crippen molar-refractivity contribution in [3.63, 3.8) is 0 Å². The summed E-state index contributed by atoms with van der Waals surface area (Å²) >= 11 is 1.12. The van der Waals surface area contributed by atoms with Gasteiger partial charge in [-0.2, -0.15) is 13.2 Å². The highest BCUT2D eigenvalue weighted by molar-refractivity contribution is 7.99. The molecule has 0 bridgehead atoms. The molecule has 6 rings (SSSR count). The lowest BCUT2D eigenvalue weighted by atomic mass is 9.92. The van der Waals surface area contributed by atoms with Crippen LogP contribution in [0.2, 0.25) is 0 Å². The van der Waals surface area contributed by atoms with Gasteiger partial charge in [-0.15, -0.1) is 11.8 Å². The standard InChI is InChI=1S/C31H22F5NO4S/c1-16-19(14-20-21(31(34,35)36)8-5-9-22(20)32)30-37(23(15-42-30)27(38)17-6-3-2-4-7-17)29(39)25(16)18-10-11-24-28(26(18)33)41-13-12-40-24/h2-11,23H,12-15H2,1H3. The number of rotatable bonds is 5. The number of halogens is 5. The van der Waals surface area contributed by atoms with Crippen LogP contribution in [0.25, 0.3) is 11.1 Å². The molecule has 0 saturated carbocycles. The van der Waals surface area contributed by atoms with E-state index in [0.29, 0.717) is 5.56 Å².